The molecule has 3 aromatic rings. The van der Waals surface area contributed by atoms with Crippen LogP contribution in [0.1, 0.15) is 18.5 Å². The molecule has 33 heavy (non-hydrogen) atoms. The van der Waals surface area contributed by atoms with Crippen LogP contribution in [0.3, 0.4) is 0 Å². The zero-order valence-electron chi connectivity index (χ0n) is 17.1. The number of nitrogens with zero attached hydrogens (tertiary/aromatic N) is 3. The van der Waals surface area contributed by atoms with E-state index in [2.05, 4.69) is 25.3 Å². The zero-order chi connectivity index (χ0) is 24.2. The molecule has 2 aromatic heterocycles. The maximum Gasteiger partial charge on any atom is 0.307 e. The van der Waals surface area contributed by atoms with Crippen molar-refractivity contribution in [2.75, 3.05) is 17.2 Å². The lowest BCUT2D eigenvalue weighted by Crippen LogP contribution is -2.26. The van der Waals surface area contributed by atoms with Gasteiger partial charge in [0, 0.05) is 23.1 Å². The number of carboxylic acid groups (broad SMARTS) is 2. The molecule has 2 atom stereocenters. The van der Waals surface area contributed by atoms with Crippen molar-refractivity contribution in [1.29, 1.82) is 0 Å². The zero-order valence-corrected chi connectivity index (χ0v) is 18.0. The van der Waals surface area contributed by atoms with Crippen LogP contribution in [-0.4, -0.2) is 48.0 Å². The van der Waals surface area contributed by atoms with Crippen molar-refractivity contribution >= 4 is 47.4 Å². The number of carbonyl (C=O) groups excluding carboxylic acids is 1. The lowest BCUT2D eigenvalue weighted by molar-refractivity contribution is -0.305. The fourth-order valence-electron chi connectivity index (χ4n) is 3.05. The molecule has 0 saturated carbocycles. The maximum absolute atomic E-state index is 12.7. The van der Waals surface area contributed by atoms with Gasteiger partial charge in [-0.25, -0.2) is 9.97 Å². The van der Waals surface area contributed by atoms with Crippen molar-refractivity contribution in [1.82, 2.24) is 19.9 Å². The number of fused-ring (bicyclic) bond motifs is 1. The van der Waals surface area contributed by atoms with Crippen LogP contribution >= 0.6 is 7.37 Å². The highest BCUT2D eigenvalue weighted by Crippen LogP contribution is 2.42. The molecule has 0 radical (unpaired) electrons. The molecule has 0 saturated heterocycles. The van der Waals surface area contributed by atoms with Gasteiger partial charge in [0.2, 0.25) is 13.3 Å². The molecule has 0 amide bonds. The number of nitrogens with two attached hydrogens (primary N) is 1. The monoisotopic (exact) mass is 475 g/mol. The third-order valence-corrected chi connectivity index (χ3v) is 6.79. The first-order valence-electron chi connectivity index (χ1n) is 9.65. The highest BCUT2D eigenvalue weighted by atomic mass is 31.2. The Morgan fingerprint density at radius 3 is 2.58 bits per heavy atom. The minimum Gasteiger partial charge on any atom is -0.550 e. The van der Waals surface area contributed by atoms with Crippen molar-refractivity contribution < 1.29 is 29.3 Å². The highest BCUT2D eigenvalue weighted by Gasteiger charge is 2.30. The second kappa shape index (κ2) is 9.76. The van der Waals surface area contributed by atoms with E-state index < -0.39 is 43.4 Å². The van der Waals surface area contributed by atoms with Gasteiger partial charge < -0.3 is 31.0 Å². The van der Waals surface area contributed by atoms with Crippen LogP contribution in [0.2, 0.25) is 0 Å². The molecule has 2 heterocycles. The molecule has 0 spiro atoms. The fraction of sp³-hybridized carbons (Fsp3) is 0.263. The number of nitrogen functional groups attached to an aromatic ring is 1. The molecule has 14 heteroatoms. The van der Waals surface area contributed by atoms with Crippen LogP contribution in [0.25, 0.3) is 11.2 Å². The van der Waals surface area contributed by atoms with Gasteiger partial charge in [-0.15, -0.1) is 0 Å². The van der Waals surface area contributed by atoms with Crippen LogP contribution in [0.4, 0.5) is 11.6 Å². The summed E-state index contributed by atoms with van der Waals surface area (Å²) >= 11 is 0. The molecule has 0 fully saturated rings. The number of carboxylic acids is 2. The third-order valence-electron chi connectivity index (χ3n) is 4.74. The molecule has 0 aliphatic carbocycles. The summed E-state index contributed by atoms with van der Waals surface area (Å²) in [6, 6.07) is 5.81. The van der Waals surface area contributed by atoms with E-state index in [0.29, 0.717) is 11.4 Å². The topological polar surface area (TPSA) is 224 Å². The summed E-state index contributed by atoms with van der Waals surface area (Å²) < 4.78 is 12.7. The van der Waals surface area contributed by atoms with Crippen LogP contribution in [0, 0.1) is 5.92 Å². The number of hydrogen-bond donors (Lipinski definition) is 5. The maximum atomic E-state index is 12.7. The molecule has 0 aliphatic heterocycles. The summed E-state index contributed by atoms with van der Waals surface area (Å²) in [4.78, 5) is 58.7. The Hall–Kier alpha value is -3.83. The minimum absolute atomic E-state index is 0.0340. The summed E-state index contributed by atoms with van der Waals surface area (Å²) in [5.41, 5.74) is 6.10. The average molecular weight is 475 g/mol. The van der Waals surface area contributed by atoms with Gasteiger partial charge in [-0.2, -0.15) is 4.98 Å². The number of aliphatic carboxylic acids is 2. The predicted molar refractivity (Wildman–Crippen MR) is 116 cm³/mol. The van der Waals surface area contributed by atoms with E-state index >= 15 is 0 Å². The van der Waals surface area contributed by atoms with Gasteiger partial charge >= 0.3 is 5.97 Å². The normalized spacial score (nSPS) is 13.8. The summed E-state index contributed by atoms with van der Waals surface area (Å²) in [5, 5.41) is 22.9. The molecule has 3 rings (SSSR count). The Bertz CT molecular complexity index is 1290. The summed E-state index contributed by atoms with van der Waals surface area (Å²) in [7, 11) is -4.05. The number of nitrogens with one attached hydrogen (secondary N) is 2. The van der Waals surface area contributed by atoms with Crippen LogP contribution in [-0.2, 0) is 20.7 Å². The molecular weight excluding hydrogens is 455 g/mol. The van der Waals surface area contributed by atoms with Gasteiger partial charge in [0.1, 0.15) is 0 Å². The van der Waals surface area contributed by atoms with E-state index in [1.807, 2.05) is 0 Å². The first-order valence-corrected chi connectivity index (χ1v) is 11.5. The molecule has 0 aliphatic rings. The van der Waals surface area contributed by atoms with E-state index in [-0.39, 0.29) is 35.4 Å². The molecule has 13 nitrogen and oxygen atoms in total. The van der Waals surface area contributed by atoms with E-state index in [4.69, 9.17) is 5.73 Å². The molecule has 0 bridgehead atoms. The Balaban J connectivity index is 1.67. The van der Waals surface area contributed by atoms with Crippen molar-refractivity contribution in [2.45, 2.75) is 19.4 Å². The van der Waals surface area contributed by atoms with Gasteiger partial charge in [-0.05, 0) is 37.1 Å². The number of anilines is 2. The molecule has 2 unspecified atom stereocenters. The van der Waals surface area contributed by atoms with Crippen molar-refractivity contribution in [3.05, 3.63) is 46.5 Å². The number of rotatable bonds is 10. The smallest absolute Gasteiger partial charge is 0.307 e. The number of carbonyl (C=O) groups is 2. The van der Waals surface area contributed by atoms with Gasteiger partial charge in [0.05, 0.1) is 24.4 Å². The van der Waals surface area contributed by atoms with E-state index in [0.717, 1.165) is 0 Å². The largest absolute Gasteiger partial charge is 0.550 e. The van der Waals surface area contributed by atoms with E-state index in [1.54, 1.807) is 0 Å². The summed E-state index contributed by atoms with van der Waals surface area (Å²) in [6.45, 7) is 0.188. The molecule has 1 aromatic carbocycles. The Labute approximate surface area is 186 Å². The first kappa shape index (κ1) is 23.8. The van der Waals surface area contributed by atoms with Crippen molar-refractivity contribution in [3.63, 3.8) is 0 Å². The lowest BCUT2D eigenvalue weighted by atomic mass is 10.1. The van der Waals surface area contributed by atoms with Crippen LogP contribution < -0.4 is 27.0 Å². The Morgan fingerprint density at radius 1 is 1.24 bits per heavy atom. The summed E-state index contributed by atoms with van der Waals surface area (Å²) in [5.74, 6) is -4.14. The van der Waals surface area contributed by atoms with Crippen LogP contribution in [0.15, 0.2) is 35.3 Å². The lowest BCUT2D eigenvalue weighted by Gasteiger charge is -2.18. The SMILES string of the molecule is Nc1nc2ncc(CNc3ccc(P(=O)(O)CC(CCC(=O)[O-])C(=O)O)cc3)nc2c(=O)[nH]1. The molecular formula is C19H20N6O7P-. The number of aromatic amines is 1. The number of hydrogen-bond acceptors (Lipinski definition) is 10. The standard InChI is InChI=1S/C19H21N6O7P/c20-19-24-16-15(17(28)25-19)23-12(8-22-16)7-21-11-2-4-13(5-3-11)33(31,32)9-10(18(29)30)1-6-14(26)27/h2-5,8,10,21H,1,6-7,9H2,(H,26,27)(H,29,30)(H,31,32)(H3,20,22,24,25,28)/p-1. The van der Waals surface area contributed by atoms with Gasteiger partial charge in [-0.3, -0.25) is 19.1 Å². The second-order valence-corrected chi connectivity index (χ2v) is 9.50. The van der Waals surface area contributed by atoms with Gasteiger partial charge in [0.15, 0.2) is 11.2 Å². The fourth-order valence-corrected chi connectivity index (χ4v) is 4.81. The van der Waals surface area contributed by atoms with E-state index in [1.165, 1.54) is 30.5 Å². The van der Waals surface area contributed by atoms with Crippen molar-refractivity contribution in [3.8, 4) is 0 Å². The number of benzene rings is 1. The molecule has 6 N–H and O–H groups in total. The quantitative estimate of drug-likeness (QED) is 0.223. The Kier molecular flexibility index (Phi) is 7.04. The molecule has 174 valence electrons. The first-order chi connectivity index (χ1) is 15.5. The minimum atomic E-state index is -4.05. The van der Waals surface area contributed by atoms with Gasteiger partial charge in [-0.1, -0.05) is 0 Å². The Morgan fingerprint density at radius 2 is 1.94 bits per heavy atom. The summed E-state index contributed by atoms with van der Waals surface area (Å²) in [6.07, 6.45) is 0.00472. The highest BCUT2D eigenvalue weighted by molar-refractivity contribution is 7.66. The average Bonchev–Trinajstić information content (AvgIpc) is 2.75. The number of aromatic nitrogens is 4. The van der Waals surface area contributed by atoms with Crippen LogP contribution in [0.5, 0.6) is 0 Å². The number of H-pyrrole nitrogens is 1. The third kappa shape index (κ3) is 6.11. The predicted octanol–water partition coefficient (Wildman–Crippen LogP) is -0.966. The second-order valence-electron chi connectivity index (χ2n) is 7.22. The van der Waals surface area contributed by atoms with Gasteiger partial charge in [0.25, 0.3) is 5.56 Å². The van der Waals surface area contributed by atoms with Crippen molar-refractivity contribution in [2.24, 2.45) is 5.92 Å². The van der Waals surface area contributed by atoms with E-state index in [9.17, 15) is 34.1 Å².